The van der Waals surface area contributed by atoms with Crippen LogP contribution >= 0.6 is 23.2 Å². The summed E-state index contributed by atoms with van der Waals surface area (Å²) in [6.45, 7) is 1.36. The molecule has 0 spiro atoms. The lowest BCUT2D eigenvalue weighted by Crippen LogP contribution is -2.48. The predicted molar refractivity (Wildman–Crippen MR) is 70.9 cm³/mol. The van der Waals surface area contributed by atoms with E-state index in [1.54, 1.807) is 6.07 Å². The molecule has 0 aliphatic carbocycles. The van der Waals surface area contributed by atoms with Gasteiger partial charge in [0.05, 0.1) is 10.0 Å². The van der Waals surface area contributed by atoms with Crippen LogP contribution in [0.2, 0.25) is 10.0 Å². The van der Waals surface area contributed by atoms with Crippen LogP contribution in [0, 0.1) is 0 Å². The third-order valence-electron chi connectivity index (χ3n) is 3.36. The molecular formula is C12H15Cl2NO4. The van der Waals surface area contributed by atoms with E-state index < -0.39 is 30.1 Å². The average Bonchev–Trinajstić information content (AvgIpc) is 2.55. The van der Waals surface area contributed by atoms with Crippen molar-refractivity contribution >= 4 is 23.2 Å². The quantitative estimate of drug-likeness (QED) is 0.649. The van der Waals surface area contributed by atoms with E-state index in [4.69, 9.17) is 33.7 Å². The SMILES string of the molecule is C[C@@]1(O)[C@@H]([C@H](O)c2ccc(Cl)c(Cl)c2)O[C@@H](N)[C@@H]1O. The normalized spacial score (nSPS) is 36.5. The maximum atomic E-state index is 10.3. The molecular weight excluding hydrogens is 293 g/mol. The van der Waals surface area contributed by atoms with Crippen molar-refractivity contribution < 1.29 is 20.1 Å². The molecule has 1 heterocycles. The predicted octanol–water partition coefficient (Wildman–Crippen LogP) is 0.822. The molecule has 5 atom stereocenters. The Balaban J connectivity index is 2.29. The second kappa shape index (κ2) is 5.18. The molecule has 0 radical (unpaired) electrons. The van der Waals surface area contributed by atoms with Gasteiger partial charge in [0, 0.05) is 0 Å². The number of hydrogen-bond acceptors (Lipinski definition) is 5. The van der Waals surface area contributed by atoms with Crippen LogP contribution < -0.4 is 5.73 Å². The van der Waals surface area contributed by atoms with Crippen molar-refractivity contribution in [2.75, 3.05) is 0 Å². The number of benzene rings is 1. The van der Waals surface area contributed by atoms with Gasteiger partial charge in [-0.1, -0.05) is 29.3 Å². The number of rotatable bonds is 2. The largest absolute Gasteiger partial charge is 0.386 e. The van der Waals surface area contributed by atoms with Crippen LogP contribution in [-0.4, -0.2) is 39.4 Å². The summed E-state index contributed by atoms with van der Waals surface area (Å²) >= 11 is 11.7. The van der Waals surface area contributed by atoms with Crippen LogP contribution in [0.25, 0.3) is 0 Å². The number of aliphatic hydroxyl groups excluding tert-OH is 2. The first-order valence-corrected chi connectivity index (χ1v) is 6.45. The Morgan fingerprint density at radius 3 is 2.47 bits per heavy atom. The van der Waals surface area contributed by atoms with Crippen LogP contribution in [0.3, 0.4) is 0 Å². The highest BCUT2D eigenvalue weighted by molar-refractivity contribution is 6.42. The van der Waals surface area contributed by atoms with Crippen LogP contribution in [-0.2, 0) is 4.74 Å². The van der Waals surface area contributed by atoms with E-state index in [1.165, 1.54) is 19.1 Å². The molecule has 1 aromatic carbocycles. The van der Waals surface area contributed by atoms with Crippen LogP contribution in [0.4, 0.5) is 0 Å². The molecule has 1 fully saturated rings. The molecule has 2 rings (SSSR count). The molecule has 0 amide bonds. The first kappa shape index (κ1) is 15.0. The summed E-state index contributed by atoms with van der Waals surface area (Å²) in [6, 6.07) is 4.57. The summed E-state index contributed by atoms with van der Waals surface area (Å²) < 4.78 is 5.23. The van der Waals surface area contributed by atoms with Gasteiger partial charge in [-0.3, -0.25) is 0 Å². The smallest absolute Gasteiger partial charge is 0.135 e. The number of ether oxygens (including phenoxy) is 1. The van der Waals surface area contributed by atoms with Gasteiger partial charge in [-0.25, -0.2) is 0 Å². The maximum absolute atomic E-state index is 10.3. The van der Waals surface area contributed by atoms with Crippen molar-refractivity contribution in [3.8, 4) is 0 Å². The molecule has 0 unspecified atom stereocenters. The molecule has 7 heteroatoms. The van der Waals surface area contributed by atoms with Gasteiger partial charge >= 0.3 is 0 Å². The molecule has 0 aromatic heterocycles. The van der Waals surface area contributed by atoms with Gasteiger partial charge in [0.15, 0.2) is 0 Å². The number of nitrogens with two attached hydrogens (primary N) is 1. The molecule has 1 aliphatic rings. The lowest BCUT2D eigenvalue weighted by Gasteiger charge is -2.29. The van der Waals surface area contributed by atoms with Crippen molar-refractivity contribution in [3.63, 3.8) is 0 Å². The van der Waals surface area contributed by atoms with E-state index in [1.807, 2.05) is 0 Å². The van der Waals surface area contributed by atoms with Crippen molar-refractivity contribution in [2.45, 2.75) is 37.1 Å². The fraction of sp³-hybridized carbons (Fsp3) is 0.500. The standard InChI is InChI=1S/C12H15Cl2NO4/c1-12(18)9(17)11(15)19-10(12)8(16)5-2-3-6(13)7(14)4-5/h2-4,8-11,16-18H,15H2,1H3/t8-,9+,10-,11-,12+/m1/s1. The second-order valence-corrected chi connectivity index (χ2v) is 5.62. The van der Waals surface area contributed by atoms with Crippen LogP contribution in [0.15, 0.2) is 18.2 Å². The summed E-state index contributed by atoms with van der Waals surface area (Å²) in [5, 5.41) is 30.8. The highest BCUT2D eigenvalue weighted by Crippen LogP contribution is 2.37. The Morgan fingerprint density at radius 1 is 1.37 bits per heavy atom. The fourth-order valence-corrected chi connectivity index (χ4v) is 2.45. The van der Waals surface area contributed by atoms with Gasteiger partial charge in [0.2, 0.25) is 0 Å². The molecule has 5 nitrogen and oxygen atoms in total. The first-order valence-electron chi connectivity index (χ1n) is 5.69. The molecule has 1 aromatic rings. The molecule has 106 valence electrons. The van der Waals surface area contributed by atoms with Gasteiger partial charge in [-0.15, -0.1) is 0 Å². The lowest BCUT2D eigenvalue weighted by atomic mass is 9.88. The monoisotopic (exact) mass is 307 g/mol. The van der Waals surface area contributed by atoms with Gasteiger partial charge in [0.1, 0.15) is 30.1 Å². The van der Waals surface area contributed by atoms with Crippen molar-refractivity contribution in [2.24, 2.45) is 5.73 Å². The zero-order valence-corrected chi connectivity index (χ0v) is 11.6. The molecule has 5 N–H and O–H groups in total. The van der Waals surface area contributed by atoms with E-state index in [0.29, 0.717) is 10.6 Å². The zero-order valence-electron chi connectivity index (χ0n) is 10.1. The minimum absolute atomic E-state index is 0.278. The average molecular weight is 308 g/mol. The van der Waals surface area contributed by atoms with E-state index in [0.717, 1.165) is 0 Å². The molecule has 1 saturated heterocycles. The number of hydrogen-bond donors (Lipinski definition) is 4. The Labute approximate surface area is 120 Å². The maximum Gasteiger partial charge on any atom is 0.135 e. The summed E-state index contributed by atoms with van der Waals surface area (Å²) in [6.07, 6.45) is -4.59. The zero-order chi connectivity index (χ0) is 14.4. The molecule has 0 saturated carbocycles. The number of halogens is 2. The summed E-state index contributed by atoms with van der Waals surface area (Å²) in [5.41, 5.74) is 4.28. The minimum atomic E-state index is -1.66. The Hall–Kier alpha value is -0.400. The van der Waals surface area contributed by atoms with Crippen molar-refractivity contribution in [1.82, 2.24) is 0 Å². The van der Waals surface area contributed by atoms with Crippen molar-refractivity contribution in [1.29, 1.82) is 0 Å². The van der Waals surface area contributed by atoms with Crippen LogP contribution in [0.5, 0.6) is 0 Å². The minimum Gasteiger partial charge on any atom is -0.386 e. The summed E-state index contributed by atoms with van der Waals surface area (Å²) in [5.74, 6) is 0. The third-order valence-corrected chi connectivity index (χ3v) is 4.10. The Morgan fingerprint density at radius 2 is 2.00 bits per heavy atom. The van der Waals surface area contributed by atoms with Crippen molar-refractivity contribution in [3.05, 3.63) is 33.8 Å². The Kier molecular flexibility index (Phi) is 4.09. The molecule has 0 bridgehead atoms. The highest BCUT2D eigenvalue weighted by atomic mass is 35.5. The fourth-order valence-electron chi connectivity index (χ4n) is 2.15. The lowest BCUT2D eigenvalue weighted by molar-refractivity contribution is -0.111. The first-order chi connectivity index (χ1) is 8.75. The van der Waals surface area contributed by atoms with E-state index in [-0.39, 0.29) is 5.02 Å². The van der Waals surface area contributed by atoms with Crippen LogP contribution in [0.1, 0.15) is 18.6 Å². The third kappa shape index (κ3) is 2.60. The summed E-state index contributed by atoms with van der Waals surface area (Å²) in [4.78, 5) is 0. The molecule has 19 heavy (non-hydrogen) atoms. The Bertz CT molecular complexity index is 483. The van der Waals surface area contributed by atoms with Gasteiger partial charge in [-0.05, 0) is 24.6 Å². The number of aliphatic hydroxyl groups is 3. The summed E-state index contributed by atoms with van der Waals surface area (Å²) in [7, 11) is 0. The van der Waals surface area contributed by atoms with E-state index in [2.05, 4.69) is 0 Å². The van der Waals surface area contributed by atoms with E-state index >= 15 is 0 Å². The van der Waals surface area contributed by atoms with Gasteiger partial charge < -0.3 is 25.8 Å². The van der Waals surface area contributed by atoms with Gasteiger partial charge in [0.25, 0.3) is 0 Å². The highest BCUT2D eigenvalue weighted by Gasteiger charge is 2.53. The topological polar surface area (TPSA) is 95.9 Å². The second-order valence-electron chi connectivity index (χ2n) is 4.81. The molecule has 1 aliphatic heterocycles. The van der Waals surface area contributed by atoms with Gasteiger partial charge in [-0.2, -0.15) is 0 Å². The van der Waals surface area contributed by atoms with E-state index in [9.17, 15) is 15.3 Å².